The fourth-order valence-corrected chi connectivity index (χ4v) is 3.81. The molecular formula is C20H18O3. The summed E-state index contributed by atoms with van der Waals surface area (Å²) in [4.78, 5) is 24.7. The third-order valence-electron chi connectivity index (χ3n) is 5.07. The zero-order chi connectivity index (χ0) is 16.0. The van der Waals surface area contributed by atoms with Crippen LogP contribution in [-0.4, -0.2) is 18.7 Å². The zero-order valence-electron chi connectivity index (χ0n) is 13.0. The first-order valence-corrected chi connectivity index (χ1v) is 8.05. The van der Waals surface area contributed by atoms with Gasteiger partial charge in [-0.15, -0.1) is 0 Å². The summed E-state index contributed by atoms with van der Waals surface area (Å²) in [6, 6.07) is 12.0. The van der Waals surface area contributed by atoms with Gasteiger partial charge in [0.1, 0.15) is 5.75 Å². The predicted octanol–water partition coefficient (Wildman–Crippen LogP) is 3.80. The molecule has 2 aromatic rings. The first kappa shape index (κ1) is 14.2. The van der Waals surface area contributed by atoms with Crippen LogP contribution >= 0.6 is 0 Å². The van der Waals surface area contributed by atoms with Crippen LogP contribution in [0.25, 0.3) is 16.3 Å². The number of benzene rings is 2. The van der Waals surface area contributed by atoms with E-state index in [0.29, 0.717) is 0 Å². The number of carbonyl (C=O) groups is 2. The Morgan fingerprint density at radius 3 is 2.52 bits per heavy atom. The van der Waals surface area contributed by atoms with Crippen LogP contribution in [0, 0.1) is 11.8 Å². The van der Waals surface area contributed by atoms with Crippen molar-refractivity contribution in [3.63, 3.8) is 0 Å². The van der Waals surface area contributed by atoms with E-state index >= 15 is 0 Å². The normalized spacial score (nSPS) is 23.8. The largest absolute Gasteiger partial charge is 0.497 e. The average molecular weight is 306 g/mol. The SMILES string of the molecule is COc1ccc2cc(C3=CC(=O)[C@H]4CCC[C@@H]3C4=O)ccc2c1. The van der Waals surface area contributed by atoms with E-state index in [1.54, 1.807) is 13.2 Å². The Balaban J connectivity index is 1.80. The van der Waals surface area contributed by atoms with E-state index in [1.165, 1.54) is 0 Å². The lowest BCUT2D eigenvalue weighted by Gasteiger charge is -2.32. The molecule has 2 aromatic carbocycles. The van der Waals surface area contributed by atoms with Crippen molar-refractivity contribution >= 4 is 27.9 Å². The van der Waals surface area contributed by atoms with E-state index in [9.17, 15) is 9.59 Å². The second-order valence-corrected chi connectivity index (χ2v) is 6.37. The van der Waals surface area contributed by atoms with Gasteiger partial charge in [-0.1, -0.05) is 24.6 Å². The number of carbonyl (C=O) groups excluding carboxylic acids is 2. The van der Waals surface area contributed by atoms with E-state index in [0.717, 1.165) is 46.9 Å². The van der Waals surface area contributed by atoms with E-state index in [2.05, 4.69) is 6.07 Å². The number of ether oxygens (including phenoxy) is 1. The van der Waals surface area contributed by atoms with Gasteiger partial charge in [0.15, 0.2) is 11.6 Å². The van der Waals surface area contributed by atoms with Crippen LogP contribution in [0.5, 0.6) is 5.75 Å². The molecule has 0 spiro atoms. The number of hydrogen-bond acceptors (Lipinski definition) is 3. The van der Waals surface area contributed by atoms with Crippen molar-refractivity contribution in [2.75, 3.05) is 7.11 Å². The molecule has 0 N–H and O–H groups in total. The minimum atomic E-state index is -0.387. The summed E-state index contributed by atoms with van der Waals surface area (Å²) in [6.45, 7) is 0. The van der Waals surface area contributed by atoms with Crippen LogP contribution in [0.2, 0.25) is 0 Å². The molecule has 2 bridgehead atoms. The maximum Gasteiger partial charge on any atom is 0.166 e. The van der Waals surface area contributed by atoms with Gasteiger partial charge in [0.25, 0.3) is 0 Å². The van der Waals surface area contributed by atoms with Crippen LogP contribution in [0.3, 0.4) is 0 Å². The first-order chi connectivity index (χ1) is 11.2. The smallest absolute Gasteiger partial charge is 0.166 e. The Hall–Kier alpha value is -2.42. The number of rotatable bonds is 2. The van der Waals surface area contributed by atoms with Gasteiger partial charge in [-0.25, -0.2) is 0 Å². The number of allylic oxidation sites excluding steroid dienone is 2. The molecule has 0 unspecified atom stereocenters. The van der Waals surface area contributed by atoms with Crippen LogP contribution in [0.15, 0.2) is 42.5 Å². The van der Waals surface area contributed by atoms with Gasteiger partial charge >= 0.3 is 0 Å². The Morgan fingerprint density at radius 2 is 1.70 bits per heavy atom. The average Bonchev–Trinajstić information content (AvgIpc) is 2.57. The molecule has 2 aliphatic rings. The molecule has 0 heterocycles. The van der Waals surface area contributed by atoms with Gasteiger partial charge in [-0.05, 0) is 59.0 Å². The quantitative estimate of drug-likeness (QED) is 0.793. The lowest BCUT2D eigenvalue weighted by molar-refractivity contribution is -0.134. The van der Waals surface area contributed by atoms with Gasteiger partial charge in [0.2, 0.25) is 0 Å². The molecule has 0 aromatic heterocycles. The third-order valence-corrected chi connectivity index (χ3v) is 5.07. The molecule has 0 saturated heterocycles. The predicted molar refractivity (Wildman–Crippen MR) is 89.3 cm³/mol. The van der Waals surface area contributed by atoms with Gasteiger partial charge in [0, 0.05) is 5.92 Å². The van der Waals surface area contributed by atoms with Crippen LogP contribution in [0.1, 0.15) is 24.8 Å². The van der Waals surface area contributed by atoms with Crippen LogP contribution in [0.4, 0.5) is 0 Å². The molecule has 3 nitrogen and oxygen atoms in total. The maximum atomic E-state index is 12.5. The van der Waals surface area contributed by atoms with E-state index in [1.807, 2.05) is 30.3 Å². The molecule has 0 amide bonds. The molecule has 23 heavy (non-hydrogen) atoms. The van der Waals surface area contributed by atoms with Crippen molar-refractivity contribution in [1.29, 1.82) is 0 Å². The maximum absolute atomic E-state index is 12.5. The minimum Gasteiger partial charge on any atom is -0.497 e. The van der Waals surface area contributed by atoms with Gasteiger partial charge in [-0.3, -0.25) is 9.59 Å². The molecule has 0 aliphatic heterocycles. The lowest BCUT2D eigenvalue weighted by Crippen LogP contribution is -2.37. The summed E-state index contributed by atoms with van der Waals surface area (Å²) in [6.07, 6.45) is 4.24. The molecule has 1 saturated carbocycles. The third kappa shape index (κ3) is 2.27. The highest BCUT2D eigenvalue weighted by atomic mass is 16.5. The number of hydrogen-bond donors (Lipinski definition) is 0. The summed E-state index contributed by atoms with van der Waals surface area (Å²) >= 11 is 0. The molecule has 2 aliphatic carbocycles. The molecule has 116 valence electrons. The van der Waals surface area contributed by atoms with Crippen LogP contribution < -0.4 is 4.74 Å². The van der Waals surface area contributed by atoms with Gasteiger partial charge in [0.05, 0.1) is 13.0 Å². The van der Waals surface area contributed by atoms with Crippen molar-refractivity contribution in [3.8, 4) is 5.75 Å². The highest BCUT2D eigenvalue weighted by Gasteiger charge is 2.40. The summed E-state index contributed by atoms with van der Waals surface area (Å²) in [5.41, 5.74) is 1.88. The second kappa shape index (κ2) is 5.34. The monoisotopic (exact) mass is 306 g/mol. The fraction of sp³-hybridized carbons (Fsp3) is 0.300. The van der Waals surface area contributed by atoms with Crippen molar-refractivity contribution in [2.45, 2.75) is 19.3 Å². The van der Waals surface area contributed by atoms with Crippen molar-refractivity contribution < 1.29 is 14.3 Å². The van der Waals surface area contributed by atoms with Crippen molar-refractivity contribution in [1.82, 2.24) is 0 Å². The standard InChI is InChI=1S/C20H18O3/c1-23-15-8-7-12-9-14(6-5-13(12)10-15)18-11-19(21)17-4-2-3-16(18)20(17)22/h5-11,16-17H,2-4H2,1H3/t16-,17+/m0/s1. The molecule has 0 radical (unpaired) electrons. The molecule has 1 fully saturated rings. The molecule has 2 atom stereocenters. The Labute approximate surface area is 134 Å². The van der Waals surface area contributed by atoms with Crippen molar-refractivity contribution in [2.24, 2.45) is 11.8 Å². The zero-order valence-corrected chi connectivity index (χ0v) is 13.0. The second-order valence-electron chi connectivity index (χ2n) is 6.37. The summed E-state index contributed by atoms with van der Waals surface area (Å²) < 4.78 is 5.25. The topological polar surface area (TPSA) is 43.4 Å². The van der Waals surface area contributed by atoms with Crippen LogP contribution in [-0.2, 0) is 9.59 Å². The van der Waals surface area contributed by atoms with Gasteiger partial charge in [-0.2, -0.15) is 0 Å². The number of fused-ring (bicyclic) bond motifs is 3. The number of Topliss-reactive ketones (excluding diaryl/α,β-unsaturated/α-hetero) is 1. The number of methoxy groups -OCH3 is 1. The van der Waals surface area contributed by atoms with Crippen molar-refractivity contribution in [3.05, 3.63) is 48.0 Å². The Morgan fingerprint density at radius 1 is 0.957 bits per heavy atom. The fourth-order valence-electron chi connectivity index (χ4n) is 3.81. The van der Waals surface area contributed by atoms with E-state index in [4.69, 9.17) is 4.74 Å². The summed E-state index contributed by atoms with van der Waals surface area (Å²) in [7, 11) is 1.65. The highest BCUT2D eigenvalue weighted by Crippen LogP contribution is 2.40. The first-order valence-electron chi connectivity index (χ1n) is 8.05. The van der Waals surface area contributed by atoms with E-state index in [-0.39, 0.29) is 23.4 Å². The Kier molecular flexibility index (Phi) is 3.29. The molecule has 4 rings (SSSR count). The van der Waals surface area contributed by atoms with Gasteiger partial charge < -0.3 is 4.74 Å². The minimum absolute atomic E-state index is 0.0178. The summed E-state index contributed by atoms with van der Waals surface area (Å²) in [5.74, 6) is 0.427. The molecular weight excluding hydrogens is 288 g/mol. The highest BCUT2D eigenvalue weighted by molar-refractivity contribution is 6.18. The number of ketones is 2. The Bertz CT molecular complexity index is 847. The summed E-state index contributed by atoms with van der Waals surface area (Å²) in [5, 5.41) is 2.17. The molecule has 3 heteroatoms. The lowest BCUT2D eigenvalue weighted by atomic mass is 9.69. The van der Waals surface area contributed by atoms with E-state index < -0.39 is 0 Å².